The molecule has 1 aromatic heterocycles. The summed E-state index contributed by atoms with van der Waals surface area (Å²) < 4.78 is 45.4. The number of esters is 1. The molecule has 1 aliphatic heterocycles. The average Bonchev–Trinajstić information content (AvgIpc) is 3.29. The summed E-state index contributed by atoms with van der Waals surface area (Å²) in [4.78, 5) is 12.8. The predicted molar refractivity (Wildman–Crippen MR) is 135 cm³/mol. The van der Waals surface area contributed by atoms with Gasteiger partial charge in [-0.3, -0.25) is 4.79 Å². The molecule has 0 spiro atoms. The first-order valence-electron chi connectivity index (χ1n) is 12.1. The Morgan fingerprint density at radius 3 is 2.35 bits per heavy atom. The molecule has 0 unspecified atom stereocenters. The maximum atomic E-state index is 13.3. The summed E-state index contributed by atoms with van der Waals surface area (Å²) in [6.07, 6.45) is -0.567. The molecule has 0 amide bonds. The highest BCUT2D eigenvalue weighted by Crippen LogP contribution is 2.31. The van der Waals surface area contributed by atoms with Crippen LogP contribution in [0.4, 0.5) is 0 Å². The van der Waals surface area contributed by atoms with E-state index in [1.807, 2.05) is 50.2 Å². The summed E-state index contributed by atoms with van der Waals surface area (Å²) in [6, 6.07) is 18.6. The predicted octanol–water partition coefficient (Wildman–Crippen LogP) is 3.30. The Bertz CT molecular complexity index is 1310. The summed E-state index contributed by atoms with van der Waals surface area (Å²) in [5.41, 5.74) is 0.876. The van der Waals surface area contributed by atoms with E-state index in [0.717, 1.165) is 5.56 Å². The number of nitrogens with zero attached hydrogens (tertiary/aromatic N) is 4. The first-order chi connectivity index (χ1) is 17.4. The molecule has 2 aromatic carbocycles. The van der Waals surface area contributed by atoms with Gasteiger partial charge < -0.3 is 14.2 Å². The lowest BCUT2D eigenvalue weighted by Gasteiger charge is -2.40. The van der Waals surface area contributed by atoms with Crippen molar-refractivity contribution >= 4 is 15.8 Å². The highest BCUT2D eigenvalue weighted by Gasteiger charge is 2.40. The normalized spacial score (nSPS) is 19.9. The number of hydrogen-bond donors (Lipinski definition) is 0. The van der Waals surface area contributed by atoms with Crippen LogP contribution in [-0.4, -0.2) is 63.9 Å². The standard InChI is InChI=1S/C26H32N4O6S/c1-25(2,17-19-11-7-5-8-12-19)36-23(31)16-21-15-22(35-26(3,4)34-21)18-37(32,33)24-27-28-29-30(24)20-13-9-6-10-14-20/h5-14,21-22H,15-18H2,1-4H3/t21-,22+/m1/s1. The number of carbonyl (C=O) groups is 1. The van der Waals surface area contributed by atoms with Crippen molar-refractivity contribution in [3.05, 3.63) is 66.2 Å². The summed E-state index contributed by atoms with van der Waals surface area (Å²) in [5.74, 6) is -1.87. The van der Waals surface area contributed by atoms with Crippen LogP contribution in [0.2, 0.25) is 0 Å². The van der Waals surface area contributed by atoms with Crippen LogP contribution in [0.1, 0.15) is 46.1 Å². The average molecular weight is 529 g/mol. The third-order valence-corrected chi connectivity index (χ3v) is 7.43. The Morgan fingerprint density at radius 1 is 1.05 bits per heavy atom. The summed E-state index contributed by atoms with van der Waals surface area (Å²) in [7, 11) is -3.93. The van der Waals surface area contributed by atoms with E-state index < -0.39 is 39.4 Å². The highest BCUT2D eigenvalue weighted by atomic mass is 32.2. The number of benzene rings is 2. The molecule has 1 fully saturated rings. The molecule has 0 radical (unpaired) electrons. The zero-order valence-corrected chi connectivity index (χ0v) is 22.2. The van der Waals surface area contributed by atoms with Crippen LogP contribution < -0.4 is 0 Å². The van der Waals surface area contributed by atoms with Gasteiger partial charge in [-0.2, -0.15) is 4.68 Å². The van der Waals surface area contributed by atoms with E-state index in [-0.39, 0.29) is 23.8 Å². The molecule has 198 valence electrons. The molecule has 37 heavy (non-hydrogen) atoms. The SMILES string of the molecule is CC(C)(Cc1ccccc1)OC(=O)C[C@H]1C[C@@H](CS(=O)(=O)c2nnnn2-c2ccccc2)OC(C)(C)O1. The summed E-state index contributed by atoms with van der Waals surface area (Å²) in [5, 5.41) is 10.9. The van der Waals surface area contributed by atoms with Gasteiger partial charge in [0.1, 0.15) is 5.60 Å². The van der Waals surface area contributed by atoms with Crippen molar-refractivity contribution in [1.29, 1.82) is 0 Å². The maximum Gasteiger partial charge on any atom is 0.308 e. The molecular formula is C26H32N4O6S. The fourth-order valence-electron chi connectivity index (χ4n) is 4.53. The lowest BCUT2D eigenvalue weighted by atomic mass is 9.98. The van der Waals surface area contributed by atoms with Crippen molar-refractivity contribution in [1.82, 2.24) is 20.2 Å². The van der Waals surface area contributed by atoms with E-state index in [9.17, 15) is 13.2 Å². The molecule has 2 atom stereocenters. The highest BCUT2D eigenvalue weighted by molar-refractivity contribution is 7.91. The van der Waals surface area contributed by atoms with Crippen LogP contribution in [0.15, 0.2) is 65.8 Å². The fraction of sp³-hybridized carbons (Fsp3) is 0.462. The third kappa shape index (κ3) is 7.21. The Balaban J connectivity index is 1.42. The molecule has 0 aliphatic carbocycles. The molecule has 10 nitrogen and oxygen atoms in total. The number of tetrazole rings is 1. The van der Waals surface area contributed by atoms with E-state index in [1.54, 1.807) is 38.1 Å². The number of sulfone groups is 1. The molecule has 11 heteroatoms. The van der Waals surface area contributed by atoms with Gasteiger partial charge in [0, 0.05) is 12.8 Å². The van der Waals surface area contributed by atoms with Crippen molar-refractivity contribution in [2.75, 3.05) is 5.75 Å². The van der Waals surface area contributed by atoms with Gasteiger partial charge in [-0.1, -0.05) is 53.6 Å². The first-order valence-corrected chi connectivity index (χ1v) is 13.8. The number of rotatable bonds is 9. The second-order valence-corrected chi connectivity index (χ2v) is 12.1. The molecular weight excluding hydrogens is 496 g/mol. The Labute approximate surface area is 216 Å². The topological polar surface area (TPSA) is 123 Å². The smallest absolute Gasteiger partial charge is 0.308 e. The quantitative estimate of drug-likeness (QED) is 0.385. The zero-order chi connectivity index (χ0) is 26.7. The largest absolute Gasteiger partial charge is 0.459 e. The lowest BCUT2D eigenvalue weighted by Crippen LogP contribution is -2.48. The molecule has 0 bridgehead atoms. The van der Waals surface area contributed by atoms with Crippen LogP contribution in [0.3, 0.4) is 0 Å². The Hall–Kier alpha value is -3.15. The first kappa shape index (κ1) is 26.9. The monoisotopic (exact) mass is 528 g/mol. The summed E-state index contributed by atoms with van der Waals surface area (Å²) in [6.45, 7) is 7.10. The van der Waals surface area contributed by atoms with Crippen LogP contribution >= 0.6 is 0 Å². The second kappa shape index (κ2) is 10.7. The number of ether oxygens (including phenoxy) is 3. The Kier molecular flexibility index (Phi) is 7.77. The molecule has 4 rings (SSSR count). The van der Waals surface area contributed by atoms with E-state index in [0.29, 0.717) is 12.1 Å². The lowest BCUT2D eigenvalue weighted by molar-refractivity contribution is -0.295. The van der Waals surface area contributed by atoms with Gasteiger partial charge in [0.2, 0.25) is 9.84 Å². The van der Waals surface area contributed by atoms with Crippen molar-refractivity contribution < 1.29 is 27.4 Å². The minimum atomic E-state index is -3.93. The van der Waals surface area contributed by atoms with Gasteiger partial charge in [-0.25, -0.2) is 8.42 Å². The Morgan fingerprint density at radius 2 is 1.68 bits per heavy atom. The van der Waals surface area contributed by atoms with Crippen LogP contribution in [0.25, 0.3) is 5.69 Å². The van der Waals surface area contributed by atoms with Gasteiger partial charge in [-0.15, -0.1) is 0 Å². The molecule has 1 aliphatic rings. The van der Waals surface area contributed by atoms with Gasteiger partial charge in [-0.05, 0) is 55.8 Å². The summed E-state index contributed by atoms with van der Waals surface area (Å²) >= 11 is 0. The molecule has 0 saturated carbocycles. The number of aromatic nitrogens is 4. The van der Waals surface area contributed by atoms with Gasteiger partial charge >= 0.3 is 5.97 Å². The van der Waals surface area contributed by atoms with Crippen LogP contribution in [0, 0.1) is 0 Å². The van der Waals surface area contributed by atoms with Crippen molar-refractivity contribution in [3.63, 3.8) is 0 Å². The number of para-hydroxylation sites is 1. The minimum Gasteiger partial charge on any atom is -0.459 e. The molecule has 1 saturated heterocycles. The zero-order valence-electron chi connectivity index (χ0n) is 21.4. The third-order valence-electron chi connectivity index (χ3n) is 5.81. The molecule has 0 N–H and O–H groups in total. The van der Waals surface area contributed by atoms with Crippen molar-refractivity contribution in [3.8, 4) is 5.69 Å². The van der Waals surface area contributed by atoms with Crippen LogP contribution in [0.5, 0.6) is 0 Å². The second-order valence-electron chi connectivity index (χ2n) is 10.2. The number of carbonyl (C=O) groups excluding carboxylic acids is 1. The van der Waals surface area contributed by atoms with Gasteiger partial charge in [0.25, 0.3) is 5.16 Å². The fourth-order valence-corrected chi connectivity index (χ4v) is 5.94. The van der Waals surface area contributed by atoms with Gasteiger partial charge in [0.15, 0.2) is 5.79 Å². The van der Waals surface area contributed by atoms with E-state index in [2.05, 4.69) is 15.5 Å². The van der Waals surface area contributed by atoms with E-state index in [4.69, 9.17) is 14.2 Å². The maximum absolute atomic E-state index is 13.3. The van der Waals surface area contributed by atoms with Crippen LogP contribution in [-0.2, 0) is 35.3 Å². The molecule has 2 heterocycles. The molecule has 3 aromatic rings. The van der Waals surface area contributed by atoms with E-state index >= 15 is 0 Å². The number of hydrogen-bond acceptors (Lipinski definition) is 9. The van der Waals surface area contributed by atoms with Gasteiger partial charge in [0.05, 0.1) is 30.1 Å². The van der Waals surface area contributed by atoms with Crippen molar-refractivity contribution in [2.24, 2.45) is 0 Å². The van der Waals surface area contributed by atoms with Crippen molar-refractivity contribution in [2.45, 2.75) is 75.7 Å². The van der Waals surface area contributed by atoms with E-state index in [1.165, 1.54) is 4.68 Å². The minimum absolute atomic E-state index is 0.0245.